The van der Waals surface area contributed by atoms with E-state index in [9.17, 15) is 14.4 Å². The number of anilines is 1. The fraction of sp³-hybridized carbons (Fsp3) is 0.250. The lowest BCUT2D eigenvalue weighted by atomic mass is 10.1. The van der Waals surface area contributed by atoms with Crippen molar-refractivity contribution in [3.05, 3.63) is 62.6 Å². The summed E-state index contributed by atoms with van der Waals surface area (Å²) < 4.78 is 10.3. The number of ether oxygens (including phenoxy) is 1. The van der Waals surface area contributed by atoms with Crippen LogP contribution in [0.15, 0.2) is 40.3 Å². The van der Waals surface area contributed by atoms with Crippen LogP contribution in [-0.4, -0.2) is 35.8 Å². The molecule has 0 aliphatic carbocycles. The largest absolute Gasteiger partial charge is 0.459 e. The molecule has 0 spiro atoms. The standard InChI is InChI=1S/C20H18N2O5S2/c1-12-9-16(21-19(24)14-3-2-7-26-14)29-18(12)20(25)27-11-17(23)22-6-4-15-13(10-22)5-8-28-15/h2-3,5,7-9H,4,6,10-11H2,1H3,(H,21,24). The van der Waals surface area contributed by atoms with Crippen molar-refractivity contribution >= 4 is 45.5 Å². The fourth-order valence-electron chi connectivity index (χ4n) is 3.07. The average Bonchev–Trinajstić information content (AvgIpc) is 3.45. The Morgan fingerprint density at radius 1 is 1.31 bits per heavy atom. The van der Waals surface area contributed by atoms with Crippen LogP contribution in [-0.2, 0) is 22.5 Å². The summed E-state index contributed by atoms with van der Waals surface area (Å²) in [5.74, 6) is -1.01. The minimum absolute atomic E-state index is 0.182. The van der Waals surface area contributed by atoms with Crippen LogP contribution in [0.25, 0.3) is 0 Å². The number of nitrogens with one attached hydrogen (secondary N) is 1. The third-order valence-corrected chi connectivity index (χ3v) is 6.73. The van der Waals surface area contributed by atoms with E-state index in [-0.39, 0.29) is 18.3 Å². The summed E-state index contributed by atoms with van der Waals surface area (Å²) in [5, 5.41) is 5.22. The van der Waals surface area contributed by atoms with Gasteiger partial charge < -0.3 is 19.4 Å². The molecule has 0 bridgehead atoms. The van der Waals surface area contributed by atoms with Crippen LogP contribution in [0.3, 0.4) is 0 Å². The van der Waals surface area contributed by atoms with Gasteiger partial charge in [0.2, 0.25) is 0 Å². The number of fused-ring (bicyclic) bond motifs is 1. The smallest absolute Gasteiger partial charge is 0.349 e. The Hall–Kier alpha value is -2.91. The zero-order valence-electron chi connectivity index (χ0n) is 15.6. The Bertz CT molecular complexity index is 1050. The average molecular weight is 431 g/mol. The molecule has 9 heteroatoms. The molecule has 0 aromatic carbocycles. The van der Waals surface area contributed by atoms with Crippen LogP contribution < -0.4 is 5.32 Å². The molecule has 3 aromatic heterocycles. The minimum Gasteiger partial charge on any atom is -0.459 e. The molecule has 1 aliphatic heterocycles. The van der Waals surface area contributed by atoms with Gasteiger partial charge in [-0.3, -0.25) is 9.59 Å². The number of hydrogen-bond acceptors (Lipinski definition) is 7. The van der Waals surface area contributed by atoms with Crippen molar-refractivity contribution in [2.24, 2.45) is 0 Å². The molecule has 0 saturated carbocycles. The number of carbonyl (C=O) groups is 3. The molecule has 3 aromatic rings. The number of amides is 2. The molecular weight excluding hydrogens is 412 g/mol. The van der Waals surface area contributed by atoms with Crippen molar-refractivity contribution in [1.82, 2.24) is 4.90 Å². The lowest BCUT2D eigenvalue weighted by Crippen LogP contribution is -2.38. The maximum Gasteiger partial charge on any atom is 0.349 e. The van der Waals surface area contributed by atoms with Gasteiger partial charge in [0.25, 0.3) is 11.8 Å². The molecular formula is C20H18N2O5S2. The second-order valence-corrected chi connectivity index (χ2v) is 8.62. The highest BCUT2D eigenvalue weighted by Gasteiger charge is 2.24. The summed E-state index contributed by atoms with van der Waals surface area (Å²) in [5.41, 5.74) is 1.83. The lowest BCUT2D eigenvalue weighted by molar-refractivity contribution is -0.135. The van der Waals surface area contributed by atoms with Crippen LogP contribution in [0.2, 0.25) is 0 Å². The first-order valence-electron chi connectivity index (χ1n) is 8.96. The summed E-state index contributed by atoms with van der Waals surface area (Å²) in [6.45, 7) is 2.63. The van der Waals surface area contributed by atoms with Gasteiger partial charge in [0.05, 0.1) is 11.3 Å². The molecule has 0 unspecified atom stereocenters. The molecule has 1 N–H and O–H groups in total. The predicted octanol–water partition coefficient (Wildman–Crippen LogP) is 3.71. The molecule has 4 heterocycles. The van der Waals surface area contributed by atoms with E-state index in [0.29, 0.717) is 28.5 Å². The quantitative estimate of drug-likeness (QED) is 0.624. The van der Waals surface area contributed by atoms with Gasteiger partial charge in [0.1, 0.15) is 4.88 Å². The number of carbonyl (C=O) groups excluding carboxylic acids is 3. The number of esters is 1. The number of furan rings is 1. The van der Waals surface area contributed by atoms with Crippen molar-refractivity contribution < 1.29 is 23.5 Å². The molecule has 0 radical (unpaired) electrons. The Morgan fingerprint density at radius 2 is 2.17 bits per heavy atom. The van der Waals surface area contributed by atoms with Gasteiger partial charge in [-0.2, -0.15) is 0 Å². The van der Waals surface area contributed by atoms with Gasteiger partial charge in [-0.1, -0.05) is 0 Å². The van der Waals surface area contributed by atoms with E-state index in [0.717, 1.165) is 23.3 Å². The Balaban J connectivity index is 1.33. The first-order chi connectivity index (χ1) is 14.0. The van der Waals surface area contributed by atoms with Gasteiger partial charge in [-0.05, 0) is 54.1 Å². The van der Waals surface area contributed by atoms with Gasteiger partial charge in [0.15, 0.2) is 12.4 Å². The number of thiophene rings is 2. The van der Waals surface area contributed by atoms with E-state index < -0.39 is 11.9 Å². The number of aryl methyl sites for hydroxylation is 1. The summed E-state index contributed by atoms with van der Waals surface area (Å²) in [4.78, 5) is 40.3. The molecule has 4 rings (SSSR count). The van der Waals surface area contributed by atoms with Gasteiger partial charge in [0, 0.05) is 18.0 Å². The van der Waals surface area contributed by atoms with Crippen molar-refractivity contribution in [3.8, 4) is 0 Å². The SMILES string of the molecule is Cc1cc(NC(=O)c2ccco2)sc1C(=O)OCC(=O)N1CCc2sccc2C1. The normalized spacial score (nSPS) is 13.1. The maximum atomic E-state index is 12.4. The van der Waals surface area contributed by atoms with Crippen LogP contribution in [0.5, 0.6) is 0 Å². The second kappa shape index (κ2) is 8.22. The molecule has 29 heavy (non-hydrogen) atoms. The van der Waals surface area contributed by atoms with E-state index in [1.165, 1.54) is 11.1 Å². The fourth-order valence-corrected chi connectivity index (χ4v) is 4.92. The predicted molar refractivity (Wildman–Crippen MR) is 109 cm³/mol. The van der Waals surface area contributed by atoms with Gasteiger partial charge in [-0.15, -0.1) is 22.7 Å². The van der Waals surface area contributed by atoms with Crippen molar-refractivity contribution in [1.29, 1.82) is 0 Å². The highest BCUT2D eigenvalue weighted by molar-refractivity contribution is 7.18. The summed E-state index contributed by atoms with van der Waals surface area (Å²) >= 11 is 2.80. The second-order valence-electron chi connectivity index (χ2n) is 6.56. The van der Waals surface area contributed by atoms with E-state index in [4.69, 9.17) is 9.15 Å². The zero-order valence-corrected chi connectivity index (χ0v) is 17.2. The summed E-state index contributed by atoms with van der Waals surface area (Å²) in [6.07, 6.45) is 2.24. The van der Waals surface area contributed by atoms with Gasteiger partial charge >= 0.3 is 5.97 Å². The topological polar surface area (TPSA) is 88.9 Å². The Labute approximate surface area is 174 Å². The number of rotatable bonds is 5. The zero-order chi connectivity index (χ0) is 20.4. The molecule has 0 fully saturated rings. The number of nitrogens with zero attached hydrogens (tertiary/aromatic N) is 1. The number of hydrogen-bond donors (Lipinski definition) is 1. The highest BCUT2D eigenvalue weighted by atomic mass is 32.1. The Kier molecular flexibility index (Phi) is 5.50. The molecule has 1 aliphatic rings. The van der Waals surface area contributed by atoms with Crippen LogP contribution in [0.4, 0.5) is 5.00 Å². The van der Waals surface area contributed by atoms with Crippen LogP contribution >= 0.6 is 22.7 Å². The summed E-state index contributed by atoms with van der Waals surface area (Å²) in [7, 11) is 0. The van der Waals surface area contributed by atoms with Crippen LogP contribution in [0, 0.1) is 6.92 Å². The first kappa shape index (κ1) is 19.4. The third-order valence-electron chi connectivity index (χ3n) is 4.57. The van der Waals surface area contributed by atoms with Crippen LogP contribution in [0.1, 0.15) is 36.2 Å². The van der Waals surface area contributed by atoms with E-state index >= 15 is 0 Å². The molecule has 7 nitrogen and oxygen atoms in total. The first-order valence-corrected chi connectivity index (χ1v) is 10.7. The summed E-state index contributed by atoms with van der Waals surface area (Å²) in [6, 6.07) is 6.89. The van der Waals surface area contributed by atoms with E-state index in [1.807, 2.05) is 11.4 Å². The maximum absolute atomic E-state index is 12.4. The molecule has 150 valence electrons. The van der Waals surface area contributed by atoms with Crippen molar-refractivity contribution in [3.63, 3.8) is 0 Å². The highest BCUT2D eigenvalue weighted by Crippen LogP contribution is 2.28. The molecule has 0 atom stereocenters. The molecule has 2 amide bonds. The van der Waals surface area contributed by atoms with Crippen molar-refractivity contribution in [2.45, 2.75) is 19.9 Å². The van der Waals surface area contributed by atoms with E-state index in [2.05, 4.69) is 5.32 Å². The molecule has 0 saturated heterocycles. The minimum atomic E-state index is -0.576. The lowest BCUT2D eigenvalue weighted by Gasteiger charge is -2.26. The monoisotopic (exact) mass is 430 g/mol. The van der Waals surface area contributed by atoms with E-state index in [1.54, 1.807) is 41.4 Å². The third kappa shape index (κ3) is 4.25. The Morgan fingerprint density at radius 3 is 2.97 bits per heavy atom. The van der Waals surface area contributed by atoms with Gasteiger partial charge in [-0.25, -0.2) is 4.79 Å². The van der Waals surface area contributed by atoms with Crippen molar-refractivity contribution in [2.75, 3.05) is 18.5 Å².